The van der Waals surface area contributed by atoms with E-state index in [4.69, 9.17) is 4.74 Å². The molecular formula is C19H14F4N6O2. The first-order chi connectivity index (χ1) is 14.8. The van der Waals surface area contributed by atoms with Crippen LogP contribution in [0.15, 0.2) is 49.2 Å². The molecule has 3 heterocycles. The molecule has 1 aliphatic rings. The van der Waals surface area contributed by atoms with Crippen molar-refractivity contribution in [3.63, 3.8) is 0 Å². The van der Waals surface area contributed by atoms with E-state index in [0.29, 0.717) is 17.4 Å². The largest absolute Gasteiger partial charge is 0.487 e. The molecule has 1 fully saturated rings. The van der Waals surface area contributed by atoms with Gasteiger partial charge < -0.3 is 15.0 Å². The Labute approximate surface area is 172 Å². The second kappa shape index (κ2) is 8.13. The van der Waals surface area contributed by atoms with Crippen molar-refractivity contribution in [1.29, 1.82) is 0 Å². The van der Waals surface area contributed by atoms with Crippen LogP contribution >= 0.6 is 0 Å². The Balaban J connectivity index is 1.43. The molecule has 1 aliphatic heterocycles. The van der Waals surface area contributed by atoms with E-state index >= 15 is 0 Å². The van der Waals surface area contributed by atoms with Gasteiger partial charge in [-0.15, -0.1) is 0 Å². The number of halogens is 4. The number of benzene rings is 1. The number of nitrogens with one attached hydrogen (secondary N) is 1. The quantitative estimate of drug-likeness (QED) is 0.617. The summed E-state index contributed by atoms with van der Waals surface area (Å²) in [5.41, 5.74) is -0.159. The molecule has 2 aromatic heterocycles. The van der Waals surface area contributed by atoms with Crippen LogP contribution in [0.4, 0.5) is 28.9 Å². The van der Waals surface area contributed by atoms with Crippen LogP contribution in [0.3, 0.4) is 0 Å². The van der Waals surface area contributed by atoms with Crippen LogP contribution in [-0.4, -0.2) is 45.3 Å². The van der Waals surface area contributed by atoms with Crippen LogP contribution < -0.4 is 15.0 Å². The van der Waals surface area contributed by atoms with Crippen molar-refractivity contribution in [2.75, 3.05) is 23.3 Å². The Morgan fingerprint density at radius 3 is 2.68 bits per heavy atom. The molecule has 12 heteroatoms. The molecule has 160 valence electrons. The second-order valence-corrected chi connectivity index (χ2v) is 6.66. The number of rotatable bonds is 5. The van der Waals surface area contributed by atoms with Gasteiger partial charge in [-0.3, -0.25) is 4.79 Å². The van der Waals surface area contributed by atoms with Gasteiger partial charge in [0.1, 0.15) is 24.0 Å². The van der Waals surface area contributed by atoms with E-state index in [1.54, 1.807) is 11.0 Å². The Morgan fingerprint density at radius 2 is 1.97 bits per heavy atom. The van der Waals surface area contributed by atoms with Crippen molar-refractivity contribution in [2.45, 2.75) is 12.3 Å². The molecule has 0 atom stereocenters. The summed E-state index contributed by atoms with van der Waals surface area (Å²) in [6.07, 6.45) is 0.295. The number of ether oxygens (including phenoxy) is 1. The van der Waals surface area contributed by atoms with E-state index in [1.807, 2.05) is 0 Å². The maximum Gasteiger partial charge on any atom is 0.416 e. The van der Waals surface area contributed by atoms with E-state index in [9.17, 15) is 22.4 Å². The molecule has 3 aromatic rings. The molecule has 0 saturated carbocycles. The van der Waals surface area contributed by atoms with Crippen molar-refractivity contribution in [2.24, 2.45) is 0 Å². The van der Waals surface area contributed by atoms with Crippen molar-refractivity contribution in [3.05, 3.63) is 66.3 Å². The number of carbonyl (C=O) groups excluding carboxylic acids is 1. The molecule has 1 N–H and O–H groups in total. The standard InChI is InChI=1S/C19H14F4N6O2/c20-12-3-11(19(21,22)23)4-14(5-12)31-15-8-29(9-15)16-7-24-10-25-17(16)18(30)28-13-1-2-26-27-6-13/h1-7,10,15H,8-9H2,(H,26,28,30). The lowest BCUT2D eigenvalue weighted by Gasteiger charge is -2.40. The van der Waals surface area contributed by atoms with Crippen LogP contribution in [0.2, 0.25) is 0 Å². The topological polar surface area (TPSA) is 93.1 Å². The van der Waals surface area contributed by atoms with E-state index < -0.39 is 29.6 Å². The fourth-order valence-corrected chi connectivity index (χ4v) is 2.98. The third-order valence-electron chi connectivity index (χ3n) is 4.44. The number of alkyl halides is 3. The third-order valence-corrected chi connectivity index (χ3v) is 4.44. The van der Waals surface area contributed by atoms with Gasteiger partial charge in [0.25, 0.3) is 5.91 Å². The summed E-state index contributed by atoms with van der Waals surface area (Å²) in [6.45, 7) is 0.505. The molecule has 31 heavy (non-hydrogen) atoms. The minimum atomic E-state index is -4.68. The van der Waals surface area contributed by atoms with Gasteiger partial charge in [-0.1, -0.05) is 0 Å². The summed E-state index contributed by atoms with van der Waals surface area (Å²) in [6, 6.07) is 3.61. The molecule has 1 saturated heterocycles. The van der Waals surface area contributed by atoms with Gasteiger partial charge in [0.05, 0.1) is 48.6 Å². The molecule has 8 nitrogen and oxygen atoms in total. The average Bonchev–Trinajstić information content (AvgIpc) is 2.70. The van der Waals surface area contributed by atoms with Gasteiger partial charge in [0.2, 0.25) is 0 Å². The zero-order valence-corrected chi connectivity index (χ0v) is 15.7. The van der Waals surface area contributed by atoms with E-state index in [2.05, 4.69) is 25.5 Å². The Bertz CT molecular complexity index is 1090. The molecule has 0 radical (unpaired) electrons. The Hall–Kier alpha value is -3.83. The Morgan fingerprint density at radius 1 is 1.16 bits per heavy atom. The molecule has 0 unspecified atom stereocenters. The van der Waals surface area contributed by atoms with Crippen LogP contribution in [0, 0.1) is 5.82 Å². The molecule has 0 bridgehead atoms. The van der Waals surface area contributed by atoms with E-state index in [1.165, 1.54) is 24.9 Å². The van der Waals surface area contributed by atoms with Crippen molar-refractivity contribution < 1.29 is 27.1 Å². The maximum absolute atomic E-state index is 13.5. The van der Waals surface area contributed by atoms with Gasteiger partial charge in [-0.05, 0) is 18.2 Å². The Kier molecular flexibility index (Phi) is 5.36. The highest BCUT2D eigenvalue weighted by atomic mass is 19.4. The number of hydrogen-bond acceptors (Lipinski definition) is 7. The molecule has 4 rings (SSSR count). The molecule has 1 amide bonds. The number of carbonyl (C=O) groups is 1. The number of amides is 1. The average molecular weight is 434 g/mol. The SMILES string of the molecule is O=C(Nc1ccnnc1)c1ncncc1N1CC(Oc2cc(F)cc(C(F)(F)F)c2)C1. The van der Waals surface area contributed by atoms with Gasteiger partial charge in [0, 0.05) is 6.07 Å². The minimum absolute atomic E-state index is 0.107. The minimum Gasteiger partial charge on any atom is -0.487 e. The van der Waals surface area contributed by atoms with Gasteiger partial charge in [0.15, 0.2) is 5.69 Å². The highest BCUT2D eigenvalue weighted by Gasteiger charge is 2.34. The molecule has 0 spiro atoms. The molecule has 0 aliphatic carbocycles. The summed E-state index contributed by atoms with van der Waals surface area (Å²) < 4.78 is 57.6. The third kappa shape index (κ3) is 4.68. The van der Waals surface area contributed by atoms with Gasteiger partial charge >= 0.3 is 6.18 Å². The normalized spacial score (nSPS) is 14.1. The lowest BCUT2D eigenvalue weighted by molar-refractivity contribution is -0.137. The predicted octanol–water partition coefficient (Wildman–Crippen LogP) is 2.94. The lowest BCUT2D eigenvalue weighted by Crippen LogP contribution is -2.54. The number of anilines is 2. The predicted molar refractivity (Wildman–Crippen MR) is 100 cm³/mol. The van der Waals surface area contributed by atoms with Crippen molar-refractivity contribution in [3.8, 4) is 5.75 Å². The van der Waals surface area contributed by atoms with Gasteiger partial charge in [-0.2, -0.15) is 23.4 Å². The smallest absolute Gasteiger partial charge is 0.416 e. The summed E-state index contributed by atoms with van der Waals surface area (Å²) in [7, 11) is 0. The summed E-state index contributed by atoms with van der Waals surface area (Å²) in [5.74, 6) is -1.75. The number of nitrogens with zero attached hydrogens (tertiary/aromatic N) is 5. The number of aromatic nitrogens is 4. The summed E-state index contributed by atoms with van der Waals surface area (Å²) in [4.78, 5) is 22.2. The first kappa shape index (κ1) is 20.4. The highest BCUT2D eigenvalue weighted by molar-refractivity contribution is 6.06. The van der Waals surface area contributed by atoms with Gasteiger partial charge in [-0.25, -0.2) is 14.4 Å². The fraction of sp³-hybridized carbons (Fsp3) is 0.211. The van der Waals surface area contributed by atoms with Crippen LogP contribution in [-0.2, 0) is 6.18 Å². The molecular weight excluding hydrogens is 420 g/mol. The van der Waals surface area contributed by atoms with E-state index in [0.717, 1.165) is 12.1 Å². The fourth-order valence-electron chi connectivity index (χ4n) is 2.98. The first-order valence-corrected chi connectivity index (χ1v) is 8.97. The van der Waals surface area contributed by atoms with E-state index in [-0.39, 0.29) is 24.5 Å². The van der Waals surface area contributed by atoms with Crippen LogP contribution in [0.1, 0.15) is 16.1 Å². The van der Waals surface area contributed by atoms with Crippen LogP contribution in [0.5, 0.6) is 5.75 Å². The van der Waals surface area contributed by atoms with Crippen molar-refractivity contribution in [1.82, 2.24) is 20.2 Å². The second-order valence-electron chi connectivity index (χ2n) is 6.66. The van der Waals surface area contributed by atoms with Crippen molar-refractivity contribution >= 4 is 17.3 Å². The zero-order chi connectivity index (χ0) is 22.0. The number of hydrogen-bond donors (Lipinski definition) is 1. The highest BCUT2D eigenvalue weighted by Crippen LogP contribution is 2.33. The first-order valence-electron chi connectivity index (χ1n) is 8.97. The lowest BCUT2D eigenvalue weighted by atomic mass is 10.1. The monoisotopic (exact) mass is 434 g/mol. The zero-order valence-electron chi connectivity index (χ0n) is 15.7. The maximum atomic E-state index is 13.5. The molecule has 1 aromatic carbocycles. The summed E-state index contributed by atoms with van der Waals surface area (Å²) in [5, 5.41) is 9.94. The summed E-state index contributed by atoms with van der Waals surface area (Å²) >= 11 is 0. The van der Waals surface area contributed by atoms with Crippen LogP contribution in [0.25, 0.3) is 0 Å².